The number of carbonyl (C=O) groups is 1. The van der Waals surface area contributed by atoms with E-state index in [0.29, 0.717) is 6.42 Å². The van der Waals surface area contributed by atoms with Gasteiger partial charge in [0.15, 0.2) is 0 Å². The van der Waals surface area contributed by atoms with Crippen molar-refractivity contribution >= 4 is 32.5 Å². The third-order valence-corrected chi connectivity index (χ3v) is 5.82. The summed E-state index contributed by atoms with van der Waals surface area (Å²) in [6.45, 7) is 1.82. The standard InChI is InChI=1S/C12H18N2O5S2/c1-8(20(2)17)5-6-14-21(18,19)11-4-3-9(13)7-10(11)12(15)16/h3-4,7-8,14H,5-6,13H2,1-2H3,(H,15,16). The number of hydrogen-bond acceptors (Lipinski definition) is 5. The summed E-state index contributed by atoms with van der Waals surface area (Å²) in [5.74, 6) is -1.37. The van der Waals surface area contributed by atoms with Gasteiger partial charge >= 0.3 is 5.97 Å². The molecule has 2 atom stereocenters. The normalized spacial score (nSPS) is 14.6. The Balaban J connectivity index is 2.93. The number of nitrogen functional groups attached to an aromatic ring is 1. The Labute approximate surface area is 126 Å². The van der Waals surface area contributed by atoms with Crippen LogP contribution >= 0.6 is 0 Å². The van der Waals surface area contributed by atoms with Gasteiger partial charge in [0.2, 0.25) is 10.0 Å². The summed E-state index contributed by atoms with van der Waals surface area (Å²) in [5.41, 5.74) is 5.26. The molecule has 0 spiro atoms. The number of sulfonamides is 1. The molecule has 0 heterocycles. The van der Waals surface area contributed by atoms with Gasteiger partial charge in [0.1, 0.15) is 0 Å². The summed E-state index contributed by atoms with van der Waals surface area (Å²) in [4.78, 5) is 10.8. The van der Waals surface area contributed by atoms with Crippen LogP contribution < -0.4 is 10.5 Å². The Hall–Kier alpha value is -1.45. The van der Waals surface area contributed by atoms with Crippen molar-refractivity contribution in [3.05, 3.63) is 23.8 Å². The van der Waals surface area contributed by atoms with Crippen molar-refractivity contribution < 1.29 is 22.5 Å². The molecular weight excluding hydrogens is 316 g/mol. The van der Waals surface area contributed by atoms with Crippen molar-refractivity contribution in [3.8, 4) is 0 Å². The first-order valence-electron chi connectivity index (χ1n) is 6.10. The molecule has 0 saturated heterocycles. The SMILES string of the molecule is CC(CCNS(=O)(=O)c1ccc(N)cc1C(=O)O)S(C)=O. The number of carboxylic acids is 1. The predicted octanol–water partition coefficient (Wildman–Crippen LogP) is 0.402. The summed E-state index contributed by atoms with van der Waals surface area (Å²) < 4.78 is 37.8. The van der Waals surface area contributed by atoms with E-state index in [1.54, 1.807) is 13.2 Å². The molecule has 0 saturated carbocycles. The first kappa shape index (κ1) is 17.6. The Morgan fingerprint density at radius 1 is 1.48 bits per heavy atom. The van der Waals surface area contributed by atoms with Gasteiger partial charge in [0.25, 0.3) is 0 Å². The van der Waals surface area contributed by atoms with E-state index in [0.717, 1.165) is 12.1 Å². The third kappa shape index (κ3) is 4.80. The van der Waals surface area contributed by atoms with Gasteiger partial charge < -0.3 is 10.8 Å². The zero-order valence-electron chi connectivity index (χ0n) is 11.7. The molecule has 9 heteroatoms. The summed E-state index contributed by atoms with van der Waals surface area (Å²) in [5, 5.41) is 8.90. The molecule has 1 aromatic rings. The molecule has 0 aliphatic heterocycles. The Kier molecular flexibility index (Phi) is 5.87. The summed E-state index contributed by atoms with van der Waals surface area (Å²) in [6.07, 6.45) is 1.93. The van der Waals surface area contributed by atoms with Crippen LogP contribution in [0.2, 0.25) is 0 Å². The van der Waals surface area contributed by atoms with Crippen LogP contribution in [-0.2, 0) is 20.8 Å². The average molecular weight is 334 g/mol. The van der Waals surface area contributed by atoms with Gasteiger partial charge in [-0.25, -0.2) is 17.9 Å². The van der Waals surface area contributed by atoms with Crippen LogP contribution in [0, 0.1) is 0 Å². The minimum absolute atomic E-state index is 0.0759. The molecule has 7 nitrogen and oxygen atoms in total. The van der Waals surface area contributed by atoms with Crippen LogP contribution in [0.5, 0.6) is 0 Å². The number of benzene rings is 1. The minimum Gasteiger partial charge on any atom is -0.478 e. The van der Waals surface area contributed by atoms with E-state index >= 15 is 0 Å². The van der Waals surface area contributed by atoms with E-state index in [4.69, 9.17) is 10.8 Å². The second-order valence-corrected chi connectivity index (χ2v) is 8.09. The molecule has 4 N–H and O–H groups in total. The molecule has 0 radical (unpaired) electrons. The highest BCUT2D eigenvalue weighted by atomic mass is 32.2. The van der Waals surface area contributed by atoms with Gasteiger partial charge in [0.05, 0.1) is 10.5 Å². The van der Waals surface area contributed by atoms with Crippen LogP contribution in [0.1, 0.15) is 23.7 Å². The third-order valence-electron chi connectivity index (χ3n) is 2.93. The Morgan fingerprint density at radius 2 is 2.10 bits per heavy atom. The first-order chi connectivity index (χ1) is 9.65. The number of rotatable bonds is 7. The number of aromatic carboxylic acids is 1. The van der Waals surface area contributed by atoms with E-state index in [9.17, 15) is 17.4 Å². The number of nitrogens with one attached hydrogen (secondary N) is 1. The van der Waals surface area contributed by atoms with Gasteiger partial charge in [-0.3, -0.25) is 4.21 Å². The second-order valence-electron chi connectivity index (χ2n) is 4.56. The maximum absolute atomic E-state index is 12.1. The van der Waals surface area contributed by atoms with E-state index in [1.807, 2.05) is 0 Å². The lowest BCUT2D eigenvalue weighted by Gasteiger charge is -2.12. The number of hydrogen-bond donors (Lipinski definition) is 3. The molecule has 0 aliphatic carbocycles. The summed E-state index contributed by atoms with van der Waals surface area (Å²) >= 11 is 0. The van der Waals surface area contributed by atoms with Gasteiger partial charge in [0, 0.05) is 34.5 Å². The summed E-state index contributed by atoms with van der Waals surface area (Å²) in [7, 11) is -5.00. The molecule has 0 aliphatic rings. The fourth-order valence-corrected chi connectivity index (χ4v) is 3.26. The molecule has 0 amide bonds. The Morgan fingerprint density at radius 3 is 2.62 bits per heavy atom. The molecule has 21 heavy (non-hydrogen) atoms. The van der Waals surface area contributed by atoms with Crippen molar-refractivity contribution in [2.45, 2.75) is 23.5 Å². The molecule has 1 rings (SSSR count). The molecular formula is C12H18N2O5S2. The highest BCUT2D eigenvalue weighted by Gasteiger charge is 2.22. The lowest BCUT2D eigenvalue weighted by Crippen LogP contribution is -2.29. The number of anilines is 1. The van der Waals surface area contributed by atoms with Crippen molar-refractivity contribution in [1.82, 2.24) is 4.72 Å². The molecule has 1 aromatic carbocycles. The smallest absolute Gasteiger partial charge is 0.337 e. The van der Waals surface area contributed by atoms with E-state index in [2.05, 4.69) is 4.72 Å². The predicted molar refractivity (Wildman–Crippen MR) is 81.1 cm³/mol. The van der Waals surface area contributed by atoms with Gasteiger partial charge in [-0.1, -0.05) is 6.92 Å². The van der Waals surface area contributed by atoms with Crippen LogP contribution in [-0.4, -0.2) is 41.8 Å². The molecule has 118 valence electrons. The van der Waals surface area contributed by atoms with E-state index in [-0.39, 0.29) is 27.9 Å². The average Bonchev–Trinajstić information content (AvgIpc) is 2.37. The number of carboxylic acid groups (broad SMARTS) is 1. The Bertz CT molecular complexity index is 658. The molecule has 0 aromatic heterocycles. The van der Waals surface area contributed by atoms with Crippen LogP contribution in [0.15, 0.2) is 23.1 Å². The molecule has 2 unspecified atom stereocenters. The molecule has 0 bridgehead atoms. The zero-order chi connectivity index (χ0) is 16.2. The lowest BCUT2D eigenvalue weighted by atomic mass is 10.2. The van der Waals surface area contributed by atoms with Crippen LogP contribution in [0.4, 0.5) is 5.69 Å². The van der Waals surface area contributed by atoms with Gasteiger partial charge in [-0.15, -0.1) is 0 Å². The quantitative estimate of drug-likeness (QED) is 0.620. The van der Waals surface area contributed by atoms with Gasteiger partial charge in [-0.2, -0.15) is 0 Å². The van der Waals surface area contributed by atoms with Crippen molar-refractivity contribution in [2.24, 2.45) is 0 Å². The van der Waals surface area contributed by atoms with Crippen molar-refractivity contribution in [2.75, 3.05) is 18.5 Å². The highest BCUT2D eigenvalue weighted by molar-refractivity contribution is 7.89. The second kappa shape index (κ2) is 7.01. The lowest BCUT2D eigenvalue weighted by molar-refractivity contribution is 0.0692. The minimum atomic E-state index is -3.96. The fourth-order valence-electron chi connectivity index (χ4n) is 1.59. The largest absolute Gasteiger partial charge is 0.478 e. The first-order valence-corrected chi connectivity index (χ1v) is 9.20. The van der Waals surface area contributed by atoms with Crippen LogP contribution in [0.3, 0.4) is 0 Å². The van der Waals surface area contributed by atoms with Crippen molar-refractivity contribution in [3.63, 3.8) is 0 Å². The van der Waals surface area contributed by atoms with Crippen LogP contribution in [0.25, 0.3) is 0 Å². The maximum atomic E-state index is 12.1. The summed E-state index contributed by atoms with van der Waals surface area (Å²) in [6, 6.07) is 3.58. The monoisotopic (exact) mass is 334 g/mol. The highest BCUT2D eigenvalue weighted by Crippen LogP contribution is 2.19. The fraction of sp³-hybridized carbons (Fsp3) is 0.417. The van der Waals surface area contributed by atoms with E-state index in [1.165, 1.54) is 6.07 Å². The van der Waals surface area contributed by atoms with Crippen molar-refractivity contribution in [1.29, 1.82) is 0 Å². The zero-order valence-corrected chi connectivity index (χ0v) is 13.3. The van der Waals surface area contributed by atoms with E-state index < -0.39 is 26.8 Å². The topological polar surface area (TPSA) is 127 Å². The van der Waals surface area contributed by atoms with Gasteiger partial charge in [-0.05, 0) is 24.6 Å². The molecule has 0 fully saturated rings. The number of nitrogens with two attached hydrogens (primary N) is 1. The maximum Gasteiger partial charge on any atom is 0.337 e.